The van der Waals surface area contributed by atoms with E-state index in [0.717, 1.165) is 25.3 Å². The van der Waals surface area contributed by atoms with E-state index in [1.807, 2.05) is 0 Å². The van der Waals surface area contributed by atoms with E-state index in [1.165, 1.54) is 18.2 Å². The molecule has 1 N–H and O–H groups in total. The van der Waals surface area contributed by atoms with Crippen LogP contribution in [0, 0.1) is 5.92 Å². The summed E-state index contributed by atoms with van der Waals surface area (Å²) in [7, 11) is -4.43. The van der Waals surface area contributed by atoms with Crippen molar-refractivity contribution in [1.29, 1.82) is 0 Å². The van der Waals surface area contributed by atoms with Crippen LogP contribution in [0.2, 0.25) is 0 Å². The Labute approximate surface area is 131 Å². The van der Waals surface area contributed by atoms with Crippen LogP contribution in [0.1, 0.15) is 46.0 Å². The van der Waals surface area contributed by atoms with E-state index in [-0.39, 0.29) is 12.2 Å². The molecule has 1 aromatic rings. The Hall–Kier alpha value is -1.60. The van der Waals surface area contributed by atoms with Gasteiger partial charge in [-0.25, -0.2) is 4.79 Å². The lowest BCUT2D eigenvalue weighted by atomic mass is 10.0. The summed E-state index contributed by atoms with van der Waals surface area (Å²) < 4.78 is 31.3. The zero-order valence-electron chi connectivity index (χ0n) is 12.8. The summed E-state index contributed by atoms with van der Waals surface area (Å²) in [5, 5.41) is 0. The van der Waals surface area contributed by atoms with Gasteiger partial charge >= 0.3 is 5.97 Å². The molecule has 6 nitrogen and oxygen atoms in total. The SMILES string of the molecule is CC(C)CCCCCC(=O)OOc1ccccc1S(=O)(=O)O. The minimum absolute atomic E-state index is 0.201. The summed E-state index contributed by atoms with van der Waals surface area (Å²) in [5.74, 6) is -0.153. The summed E-state index contributed by atoms with van der Waals surface area (Å²) in [6.45, 7) is 4.30. The molecule has 0 radical (unpaired) electrons. The van der Waals surface area contributed by atoms with Gasteiger partial charge in [-0.3, -0.25) is 14.3 Å². The number of carbonyl (C=O) groups excluding carboxylic acids is 1. The first kappa shape index (κ1) is 18.4. The Morgan fingerprint density at radius 2 is 1.86 bits per heavy atom. The maximum atomic E-state index is 11.5. The molecule has 0 saturated carbocycles. The Kier molecular flexibility index (Phi) is 7.34. The smallest absolute Gasteiger partial charge is 0.285 e. The average molecular weight is 330 g/mol. The topological polar surface area (TPSA) is 89.9 Å². The molecule has 124 valence electrons. The molecule has 7 heteroatoms. The zero-order chi connectivity index (χ0) is 16.6. The minimum Gasteiger partial charge on any atom is -0.285 e. The summed E-state index contributed by atoms with van der Waals surface area (Å²) in [6, 6.07) is 5.37. The second-order valence-corrected chi connectivity index (χ2v) is 6.84. The van der Waals surface area contributed by atoms with Gasteiger partial charge < -0.3 is 0 Å². The van der Waals surface area contributed by atoms with Crippen molar-refractivity contribution < 1.29 is 27.5 Å². The number of unbranched alkanes of at least 4 members (excludes halogenated alkanes) is 2. The van der Waals surface area contributed by atoms with Gasteiger partial charge in [-0.1, -0.05) is 45.2 Å². The maximum absolute atomic E-state index is 11.5. The molecule has 1 aromatic carbocycles. The van der Waals surface area contributed by atoms with Crippen LogP contribution in [0.4, 0.5) is 0 Å². The molecule has 0 aliphatic carbocycles. The fourth-order valence-corrected chi connectivity index (χ4v) is 2.47. The highest BCUT2D eigenvalue weighted by Crippen LogP contribution is 2.23. The molecule has 0 aromatic heterocycles. The van der Waals surface area contributed by atoms with Crippen molar-refractivity contribution in [3.63, 3.8) is 0 Å². The van der Waals surface area contributed by atoms with Gasteiger partial charge in [-0.2, -0.15) is 8.42 Å². The van der Waals surface area contributed by atoms with E-state index in [4.69, 9.17) is 9.44 Å². The molecule has 0 unspecified atom stereocenters. The van der Waals surface area contributed by atoms with Crippen LogP contribution >= 0.6 is 0 Å². The lowest BCUT2D eigenvalue weighted by Gasteiger charge is -2.07. The molecule has 0 fully saturated rings. The highest BCUT2D eigenvalue weighted by Gasteiger charge is 2.18. The predicted molar refractivity (Wildman–Crippen MR) is 80.9 cm³/mol. The fraction of sp³-hybridized carbons (Fsp3) is 0.533. The summed E-state index contributed by atoms with van der Waals surface area (Å²) in [5.41, 5.74) is 0. The third-order valence-corrected chi connectivity index (χ3v) is 3.91. The zero-order valence-corrected chi connectivity index (χ0v) is 13.6. The van der Waals surface area contributed by atoms with E-state index in [1.54, 1.807) is 0 Å². The molecule has 0 saturated heterocycles. The van der Waals surface area contributed by atoms with Gasteiger partial charge in [0.2, 0.25) is 0 Å². The third kappa shape index (κ3) is 6.91. The molecule has 0 atom stereocenters. The molecular weight excluding hydrogens is 308 g/mol. The van der Waals surface area contributed by atoms with E-state index < -0.39 is 21.0 Å². The third-order valence-electron chi connectivity index (χ3n) is 3.01. The van der Waals surface area contributed by atoms with Crippen molar-refractivity contribution in [1.82, 2.24) is 0 Å². The molecular formula is C15H22O6S. The number of hydrogen-bond acceptors (Lipinski definition) is 5. The van der Waals surface area contributed by atoms with Gasteiger partial charge in [0.25, 0.3) is 10.1 Å². The van der Waals surface area contributed by atoms with Crippen molar-refractivity contribution in [2.75, 3.05) is 0 Å². The quantitative estimate of drug-likeness (QED) is 0.323. The molecule has 0 aliphatic heterocycles. The summed E-state index contributed by atoms with van der Waals surface area (Å²) in [6.07, 6.45) is 3.99. The number of rotatable bonds is 9. The van der Waals surface area contributed by atoms with Crippen LogP contribution in [-0.4, -0.2) is 18.9 Å². The van der Waals surface area contributed by atoms with Crippen LogP contribution in [0.25, 0.3) is 0 Å². The van der Waals surface area contributed by atoms with Crippen LogP contribution < -0.4 is 4.89 Å². The Morgan fingerprint density at radius 3 is 2.50 bits per heavy atom. The van der Waals surface area contributed by atoms with E-state index in [9.17, 15) is 13.2 Å². The summed E-state index contributed by atoms with van der Waals surface area (Å²) >= 11 is 0. The normalized spacial score (nSPS) is 11.5. The second kappa shape index (κ2) is 8.75. The van der Waals surface area contributed by atoms with Crippen molar-refractivity contribution in [3.8, 4) is 5.75 Å². The molecule has 0 aliphatic rings. The first-order chi connectivity index (χ1) is 10.3. The maximum Gasteiger partial charge on any atom is 0.355 e. The van der Waals surface area contributed by atoms with Crippen LogP contribution in [0.5, 0.6) is 5.75 Å². The molecule has 0 amide bonds. The van der Waals surface area contributed by atoms with Crippen molar-refractivity contribution >= 4 is 16.1 Å². The highest BCUT2D eigenvalue weighted by molar-refractivity contribution is 7.86. The van der Waals surface area contributed by atoms with Gasteiger partial charge in [0.1, 0.15) is 4.90 Å². The number of hydrogen-bond donors (Lipinski definition) is 1. The Balaban J connectivity index is 2.39. The second-order valence-electron chi connectivity index (χ2n) is 5.45. The monoisotopic (exact) mass is 330 g/mol. The van der Waals surface area contributed by atoms with Crippen molar-refractivity contribution in [2.45, 2.75) is 50.8 Å². The Bertz CT molecular complexity index is 579. The highest BCUT2D eigenvalue weighted by atomic mass is 32.2. The molecule has 0 heterocycles. The Morgan fingerprint density at radius 1 is 1.18 bits per heavy atom. The average Bonchev–Trinajstić information content (AvgIpc) is 2.43. The van der Waals surface area contributed by atoms with Gasteiger partial charge in [-0.15, -0.1) is 0 Å². The summed E-state index contributed by atoms with van der Waals surface area (Å²) in [4.78, 5) is 20.4. The number of benzene rings is 1. The number of carbonyl (C=O) groups is 1. The lowest BCUT2D eigenvalue weighted by Crippen LogP contribution is -2.10. The van der Waals surface area contributed by atoms with Crippen molar-refractivity contribution in [3.05, 3.63) is 24.3 Å². The minimum atomic E-state index is -4.43. The van der Waals surface area contributed by atoms with E-state index in [0.29, 0.717) is 12.3 Å². The largest absolute Gasteiger partial charge is 0.355 e. The van der Waals surface area contributed by atoms with Gasteiger partial charge in [0, 0.05) is 0 Å². The van der Waals surface area contributed by atoms with Crippen LogP contribution in [-0.2, 0) is 19.8 Å². The molecule has 0 spiro atoms. The van der Waals surface area contributed by atoms with Crippen molar-refractivity contribution in [2.24, 2.45) is 5.92 Å². The van der Waals surface area contributed by atoms with Gasteiger partial charge in [0.05, 0.1) is 6.42 Å². The first-order valence-corrected chi connectivity index (χ1v) is 8.68. The molecule has 22 heavy (non-hydrogen) atoms. The van der Waals surface area contributed by atoms with Gasteiger partial charge in [0.15, 0.2) is 5.75 Å². The van der Waals surface area contributed by atoms with E-state index >= 15 is 0 Å². The van der Waals surface area contributed by atoms with Crippen LogP contribution in [0.15, 0.2) is 29.2 Å². The molecule has 0 bridgehead atoms. The first-order valence-electron chi connectivity index (χ1n) is 7.24. The fourth-order valence-electron chi connectivity index (χ4n) is 1.86. The van der Waals surface area contributed by atoms with Gasteiger partial charge in [-0.05, 0) is 24.5 Å². The standard InChI is InChI=1S/C15H22O6S/c1-12(2)8-4-3-5-11-15(16)21-20-13-9-6-7-10-14(13)22(17,18)19/h6-7,9-10,12H,3-5,8,11H2,1-2H3,(H,17,18,19). The van der Waals surface area contributed by atoms with E-state index in [2.05, 4.69) is 18.7 Å². The lowest BCUT2D eigenvalue weighted by molar-refractivity contribution is -0.214. The predicted octanol–water partition coefficient (Wildman–Crippen LogP) is 3.38. The number of para-hydroxylation sites is 1. The molecule has 1 rings (SSSR count). The van der Waals surface area contributed by atoms with Crippen LogP contribution in [0.3, 0.4) is 0 Å².